The average Bonchev–Trinajstić information content (AvgIpc) is 2.55. The van der Waals surface area contributed by atoms with Crippen LogP contribution in [-0.4, -0.2) is 29.6 Å². The normalized spacial score (nSPS) is 14.8. The van der Waals surface area contributed by atoms with Crippen LogP contribution < -0.4 is 9.03 Å². The summed E-state index contributed by atoms with van der Waals surface area (Å²) in [5.74, 6) is 0. The van der Waals surface area contributed by atoms with E-state index in [0.717, 1.165) is 17.4 Å². The number of aryl methyl sites for hydroxylation is 2. The Hall–Kier alpha value is -2.06. The summed E-state index contributed by atoms with van der Waals surface area (Å²) in [5, 5.41) is 0. The van der Waals surface area contributed by atoms with E-state index in [9.17, 15) is 16.8 Å². The molecule has 140 valence electrons. The number of hydrogen-bond donors (Lipinski definition) is 1. The van der Waals surface area contributed by atoms with Gasteiger partial charge in [-0.15, -0.1) is 0 Å². The van der Waals surface area contributed by atoms with Crippen LogP contribution in [0.3, 0.4) is 0 Å². The molecular formula is C18H22N2O4S2. The van der Waals surface area contributed by atoms with Crippen molar-refractivity contribution in [2.75, 3.05) is 21.8 Å². The molecule has 2 aromatic rings. The van der Waals surface area contributed by atoms with Gasteiger partial charge in [0.25, 0.3) is 10.0 Å². The Morgan fingerprint density at radius 2 is 1.73 bits per heavy atom. The molecule has 3 rings (SSSR count). The maximum Gasteiger partial charge on any atom is 0.264 e. The van der Waals surface area contributed by atoms with Gasteiger partial charge in [-0.1, -0.05) is 12.1 Å². The van der Waals surface area contributed by atoms with Gasteiger partial charge in [0, 0.05) is 12.1 Å². The van der Waals surface area contributed by atoms with Gasteiger partial charge in [0.2, 0.25) is 10.0 Å². The van der Waals surface area contributed by atoms with Crippen LogP contribution in [0.1, 0.15) is 23.1 Å². The highest BCUT2D eigenvalue weighted by Crippen LogP contribution is 2.36. The van der Waals surface area contributed by atoms with Crippen LogP contribution >= 0.6 is 0 Å². The maximum atomic E-state index is 13.2. The second-order valence-electron chi connectivity index (χ2n) is 6.60. The van der Waals surface area contributed by atoms with Gasteiger partial charge < -0.3 is 0 Å². The summed E-state index contributed by atoms with van der Waals surface area (Å²) in [6.07, 6.45) is 2.32. The third-order valence-electron chi connectivity index (χ3n) is 4.57. The number of nitrogens with zero attached hydrogens (tertiary/aromatic N) is 1. The van der Waals surface area contributed by atoms with Crippen LogP contribution in [0.4, 0.5) is 11.4 Å². The molecule has 0 aromatic heterocycles. The predicted molar refractivity (Wildman–Crippen MR) is 104 cm³/mol. The zero-order valence-electron chi connectivity index (χ0n) is 15.0. The molecule has 2 aromatic carbocycles. The minimum Gasteiger partial charge on any atom is -0.283 e. The van der Waals surface area contributed by atoms with Gasteiger partial charge in [0.15, 0.2) is 0 Å². The van der Waals surface area contributed by atoms with Gasteiger partial charge in [0.1, 0.15) is 0 Å². The second-order valence-corrected chi connectivity index (χ2v) is 10.2. The zero-order chi connectivity index (χ0) is 19.1. The van der Waals surface area contributed by atoms with Crippen LogP contribution in [0.5, 0.6) is 0 Å². The van der Waals surface area contributed by atoms with E-state index in [1.807, 2.05) is 13.8 Å². The van der Waals surface area contributed by atoms with Crippen LogP contribution in [0, 0.1) is 13.8 Å². The maximum absolute atomic E-state index is 13.2. The Morgan fingerprint density at radius 1 is 1.00 bits per heavy atom. The molecule has 0 unspecified atom stereocenters. The fourth-order valence-corrected chi connectivity index (χ4v) is 5.35. The van der Waals surface area contributed by atoms with Crippen molar-refractivity contribution in [1.29, 1.82) is 0 Å². The van der Waals surface area contributed by atoms with E-state index in [1.165, 1.54) is 4.31 Å². The van der Waals surface area contributed by atoms with E-state index in [2.05, 4.69) is 4.72 Å². The molecule has 0 fully saturated rings. The molecule has 26 heavy (non-hydrogen) atoms. The summed E-state index contributed by atoms with van der Waals surface area (Å²) in [4.78, 5) is 0.245. The fourth-order valence-electron chi connectivity index (χ4n) is 3.14. The summed E-state index contributed by atoms with van der Waals surface area (Å²) < 4.78 is 53.5. The predicted octanol–water partition coefficient (Wildman–Crippen LogP) is 2.82. The quantitative estimate of drug-likeness (QED) is 0.864. The summed E-state index contributed by atoms with van der Waals surface area (Å²) in [7, 11) is -7.16. The minimum absolute atomic E-state index is 0.245. The number of hydrogen-bond acceptors (Lipinski definition) is 4. The number of nitrogens with one attached hydrogen (secondary N) is 1. The van der Waals surface area contributed by atoms with Crippen molar-refractivity contribution in [3.63, 3.8) is 0 Å². The van der Waals surface area contributed by atoms with E-state index >= 15 is 0 Å². The Labute approximate surface area is 155 Å². The smallest absolute Gasteiger partial charge is 0.264 e. The van der Waals surface area contributed by atoms with Crippen molar-refractivity contribution in [1.82, 2.24) is 0 Å². The molecule has 0 bridgehead atoms. The molecule has 0 atom stereocenters. The van der Waals surface area contributed by atoms with Gasteiger partial charge in [-0.3, -0.25) is 9.03 Å². The first-order valence-electron chi connectivity index (χ1n) is 8.29. The van der Waals surface area contributed by atoms with Gasteiger partial charge in [-0.05, 0) is 62.1 Å². The molecule has 0 spiro atoms. The number of anilines is 2. The molecule has 6 nitrogen and oxygen atoms in total. The van der Waals surface area contributed by atoms with E-state index in [1.54, 1.807) is 36.4 Å². The lowest BCUT2D eigenvalue weighted by Gasteiger charge is -2.31. The molecule has 1 N–H and O–H groups in total. The number of fused-ring (bicyclic) bond motifs is 1. The molecule has 0 saturated carbocycles. The average molecular weight is 395 g/mol. The lowest BCUT2D eigenvalue weighted by atomic mass is 10.0. The first-order chi connectivity index (χ1) is 12.1. The summed E-state index contributed by atoms with van der Waals surface area (Å²) in [6, 6.07) is 10.1. The first kappa shape index (κ1) is 18.7. The molecule has 0 amide bonds. The van der Waals surface area contributed by atoms with Gasteiger partial charge in [-0.2, -0.15) is 0 Å². The third kappa shape index (κ3) is 3.57. The number of rotatable bonds is 4. The van der Waals surface area contributed by atoms with E-state index < -0.39 is 20.0 Å². The standard InChI is InChI=1S/C18H22N2O4S2/c1-13-9-10-15(12-14(13)2)26(23,24)20-11-5-6-16-17(19-25(3,21)22)7-4-8-18(16)20/h4,7-10,12,19H,5-6,11H2,1-3H3. The topological polar surface area (TPSA) is 83.6 Å². The summed E-state index contributed by atoms with van der Waals surface area (Å²) >= 11 is 0. The van der Waals surface area contributed by atoms with Crippen molar-refractivity contribution in [3.8, 4) is 0 Å². The van der Waals surface area contributed by atoms with Crippen LogP contribution in [0.25, 0.3) is 0 Å². The van der Waals surface area contributed by atoms with Crippen LogP contribution in [0.15, 0.2) is 41.3 Å². The van der Waals surface area contributed by atoms with Gasteiger partial charge in [0.05, 0.1) is 22.5 Å². The van der Waals surface area contributed by atoms with E-state index in [-0.39, 0.29) is 4.90 Å². The van der Waals surface area contributed by atoms with Crippen molar-refractivity contribution >= 4 is 31.4 Å². The van der Waals surface area contributed by atoms with Crippen LogP contribution in [0.2, 0.25) is 0 Å². The fraction of sp³-hybridized carbons (Fsp3) is 0.333. The third-order valence-corrected chi connectivity index (χ3v) is 6.97. The first-order valence-corrected chi connectivity index (χ1v) is 11.6. The monoisotopic (exact) mass is 394 g/mol. The lowest BCUT2D eigenvalue weighted by molar-refractivity contribution is 0.586. The molecule has 8 heteroatoms. The molecular weight excluding hydrogens is 372 g/mol. The molecule has 0 saturated heterocycles. The lowest BCUT2D eigenvalue weighted by Crippen LogP contribution is -2.36. The SMILES string of the molecule is Cc1ccc(S(=O)(=O)N2CCCc3c(NS(C)(=O)=O)cccc32)cc1C. The largest absolute Gasteiger partial charge is 0.283 e. The second kappa shape index (κ2) is 6.59. The Bertz CT molecular complexity index is 1060. The summed E-state index contributed by atoms with van der Waals surface area (Å²) in [6.45, 7) is 4.18. The van der Waals surface area contributed by atoms with Crippen molar-refractivity contribution in [2.24, 2.45) is 0 Å². The van der Waals surface area contributed by atoms with Crippen molar-refractivity contribution < 1.29 is 16.8 Å². The number of sulfonamides is 2. The van der Waals surface area contributed by atoms with E-state index in [4.69, 9.17) is 0 Å². The zero-order valence-corrected chi connectivity index (χ0v) is 16.6. The highest BCUT2D eigenvalue weighted by molar-refractivity contribution is 7.93. The number of benzene rings is 2. The molecule has 0 radical (unpaired) electrons. The van der Waals surface area contributed by atoms with Gasteiger partial charge >= 0.3 is 0 Å². The Kier molecular flexibility index (Phi) is 4.74. The Balaban J connectivity index is 2.09. The molecule has 1 aliphatic rings. The highest BCUT2D eigenvalue weighted by atomic mass is 32.2. The van der Waals surface area contributed by atoms with Gasteiger partial charge in [-0.25, -0.2) is 16.8 Å². The van der Waals surface area contributed by atoms with E-state index in [0.29, 0.717) is 36.3 Å². The Morgan fingerprint density at radius 3 is 2.38 bits per heavy atom. The van der Waals surface area contributed by atoms with Crippen LogP contribution in [-0.2, 0) is 26.5 Å². The molecule has 1 heterocycles. The van der Waals surface area contributed by atoms with Crippen molar-refractivity contribution in [2.45, 2.75) is 31.6 Å². The molecule has 0 aliphatic carbocycles. The molecule has 1 aliphatic heterocycles. The van der Waals surface area contributed by atoms with Crippen molar-refractivity contribution in [3.05, 3.63) is 53.1 Å². The summed E-state index contributed by atoms with van der Waals surface area (Å²) in [5.41, 5.74) is 3.61. The highest BCUT2D eigenvalue weighted by Gasteiger charge is 2.30. The minimum atomic E-state index is -3.72.